The summed E-state index contributed by atoms with van der Waals surface area (Å²) < 4.78 is 1.16. The van der Waals surface area contributed by atoms with Crippen molar-refractivity contribution in [3.8, 4) is 0 Å². The Balaban J connectivity index is 3.75. The Bertz CT molecular complexity index is 164. The van der Waals surface area contributed by atoms with E-state index < -0.39 is 0 Å². The molecule has 0 saturated heterocycles. The number of allylic oxidation sites excluding steroid dienone is 1. The Kier molecular flexibility index (Phi) is 5.55. The van der Waals surface area contributed by atoms with E-state index in [9.17, 15) is 0 Å². The minimum atomic E-state index is -0.235. The third kappa shape index (κ3) is 4.75. The Morgan fingerprint density at radius 2 is 2.08 bits per heavy atom. The first-order valence-electron chi connectivity index (χ1n) is 3.73. The van der Waals surface area contributed by atoms with Gasteiger partial charge in [0.25, 0.3) is 0 Å². The zero-order valence-corrected chi connectivity index (χ0v) is 8.94. The summed E-state index contributed by atoms with van der Waals surface area (Å²) in [6.45, 7) is 8.13. The first kappa shape index (κ1) is 11.9. The highest BCUT2D eigenvalue weighted by Crippen LogP contribution is 2.22. The molecule has 0 rings (SSSR count). The smallest absolute Gasteiger partial charge is 0.0487 e. The molecular formula is C8H14Cl2N2. The molecular weight excluding hydrogens is 195 g/mol. The summed E-state index contributed by atoms with van der Waals surface area (Å²) in [5, 5.41) is 0. The van der Waals surface area contributed by atoms with Gasteiger partial charge in [-0.05, 0) is 43.8 Å². The molecule has 0 aromatic carbocycles. The van der Waals surface area contributed by atoms with Crippen molar-refractivity contribution >= 4 is 29.8 Å². The van der Waals surface area contributed by atoms with E-state index in [2.05, 4.69) is 11.6 Å². The number of hydrogen-bond acceptors (Lipinski definition) is 2. The summed E-state index contributed by atoms with van der Waals surface area (Å²) >= 11 is 11.2. The third-order valence-corrected chi connectivity index (χ3v) is 2.44. The van der Waals surface area contributed by atoms with Crippen LogP contribution in [0.1, 0.15) is 20.3 Å². The molecule has 70 valence electrons. The van der Waals surface area contributed by atoms with E-state index in [1.54, 1.807) is 12.3 Å². The highest BCUT2D eigenvalue weighted by Gasteiger charge is 2.23. The van der Waals surface area contributed by atoms with Gasteiger partial charge in [-0.2, -0.15) is 0 Å². The van der Waals surface area contributed by atoms with E-state index in [1.165, 1.54) is 0 Å². The highest BCUT2D eigenvalue weighted by molar-refractivity contribution is 6.34. The molecule has 0 aliphatic heterocycles. The second-order valence-electron chi connectivity index (χ2n) is 3.09. The molecule has 0 saturated carbocycles. The molecule has 0 N–H and O–H groups in total. The Morgan fingerprint density at radius 3 is 2.50 bits per heavy atom. The van der Waals surface area contributed by atoms with Crippen molar-refractivity contribution in [1.82, 2.24) is 3.94 Å². The van der Waals surface area contributed by atoms with Crippen LogP contribution in [0.3, 0.4) is 0 Å². The average Bonchev–Trinajstić information content (AvgIpc) is 1.98. The molecule has 0 aromatic heterocycles. The molecule has 0 bridgehead atoms. The molecule has 4 heteroatoms. The molecule has 0 heterocycles. The van der Waals surface area contributed by atoms with Gasteiger partial charge in [-0.15, -0.1) is 3.94 Å². The first-order valence-corrected chi connectivity index (χ1v) is 4.41. The zero-order chi connectivity index (χ0) is 9.61. The first-order chi connectivity index (χ1) is 5.50. The van der Waals surface area contributed by atoms with Crippen molar-refractivity contribution in [3.05, 3.63) is 12.7 Å². The van der Waals surface area contributed by atoms with Gasteiger partial charge in [0.05, 0.1) is 0 Å². The maximum absolute atomic E-state index is 5.61. The van der Waals surface area contributed by atoms with Gasteiger partial charge in [0.1, 0.15) is 0 Å². The molecule has 0 atom stereocenters. The van der Waals surface area contributed by atoms with E-state index in [0.29, 0.717) is 6.54 Å². The van der Waals surface area contributed by atoms with Gasteiger partial charge in [-0.1, -0.05) is 12.7 Å². The molecule has 2 nitrogen and oxygen atoms in total. The van der Waals surface area contributed by atoms with Crippen molar-refractivity contribution in [3.63, 3.8) is 0 Å². The Hall–Kier alpha value is -0.0500. The standard InChI is InChI=1S/C8H14Cl2N2/c1-4-6-11-7-5-8(2,3)12(9)10/h4,6H,1,5,7H2,2-3H3. The lowest BCUT2D eigenvalue weighted by Gasteiger charge is -2.26. The van der Waals surface area contributed by atoms with Crippen molar-refractivity contribution < 1.29 is 0 Å². The maximum Gasteiger partial charge on any atom is 0.0487 e. The predicted octanol–water partition coefficient (Wildman–Crippen LogP) is 3.02. The molecule has 0 aromatic rings. The number of nitrogens with zero attached hydrogens (tertiary/aromatic N) is 2. The lowest BCUT2D eigenvalue weighted by Crippen LogP contribution is -2.31. The van der Waals surface area contributed by atoms with Crippen LogP contribution in [0.25, 0.3) is 0 Å². The van der Waals surface area contributed by atoms with Gasteiger partial charge in [0.2, 0.25) is 0 Å². The van der Waals surface area contributed by atoms with Crippen molar-refractivity contribution in [2.75, 3.05) is 6.54 Å². The zero-order valence-electron chi connectivity index (χ0n) is 7.43. The van der Waals surface area contributed by atoms with E-state index in [1.807, 2.05) is 13.8 Å². The van der Waals surface area contributed by atoms with Gasteiger partial charge in [0.15, 0.2) is 0 Å². The molecule has 0 radical (unpaired) electrons. The molecule has 0 aliphatic carbocycles. The van der Waals surface area contributed by atoms with Crippen LogP contribution >= 0.6 is 23.6 Å². The minimum absolute atomic E-state index is 0.235. The van der Waals surface area contributed by atoms with Crippen LogP contribution in [-0.2, 0) is 0 Å². The van der Waals surface area contributed by atoms with Crippen LogP contribution in [0.4, 0.5) is 0 Å². The quantitative estimate of drug-likeness (QED) is 0.502. The predicted molar refractivity (Wildman–Crippen MR) is 55.8 cm³/mol. The van der Waals surface area contributed by atoms with E-state index >= 15 is 0 Å². The topological polar surface area (TPSA) is 15.6 Å². The Morgan fingerprint density at radius 1 is 1.50 bits per heavy atom. The summed E-state index contributed by atoms with van der Waals surface area (Å²) in [5.74, 6) is 0. The highest BCUT2D eigenvalue weighted by atomic mass is 35.5. The second-order valence-corrected chi connectivity index (χ2v) is 3.94. The van der Waals surface area contributed by atoms with E-state index in [4.69, 9.17) is 23.6 Å². The van der Waals surface area contributed by atoms with E-state index in [0.717, 1.165) is 10.4 Å². The fourth-order valence-electron chi connectivity index (χ4n) is 0.572. The monoisotopic (exact) mass is 208 g/mol. The van der Waals surface area contributed by atoms with Crippen molar-refractivity contribution in [2.45, 2.75) is 25.8 Å². The lowest BCUT2D eigenvalue weighted by molar-refractivity contribution is 0.333. The number of hydrogen-bond donors (Lipinski definition) is 0. The van der Waals surface area contributed by atoms with Crippen LogP contribution in [-0.4, -0.2) is 22.2 Å². The maximum atomic E-state index is 5.61. The van der Waals surface area contributed by atoms with Gasteiger partial charge in [-0.3, -0.25) is 4.99 Å². The summed E-state index contributed by atoms with van der Waals surface area (Å²) in [6.07, 6.45) is 4.12. The summed E-state index contributed by atoms with van der Waals surface area (Å²) in [7, 11) is 0. The molecule has 0 spiro atoms. The van der Waals surface area contributed by atoms with Crippen LogP contribution in [0.2, 0.25) is 0 Å². The second kappa shape index (κ2) is 5.57. The number of aliphatic imine (C=N–C) groups is 1. The molecule has 0 amide bonds. The van der Waals surface area contributed by atoms with Gasteiger partial charge >= 0.3 is 0 Å². The average molecular weight is 209 g/mol. The number of rotatable bonds is 5. The molecule has 0 fully saturated rings. The lowest BCUT2D eigenvalue weighted by atomic mass is 10.0. The molecule has 0 aliphatic rings. The van der Waals surface area contributed by atoms with Gasteiger partial charge in [-0.25, -0.2) is 0 Å². The van der Waals surface area contributed by atoms with Crippen LogP contribution < -0.4 is 0 Å². The van der Waals surface area contributed by atoms with Crippen molar-refractivity contribution in [1.29, 1.82) is 0 Å². The largest absolute Gasteiger partial charge is 0.293 e. The summed E-state index contributed by atoms with van der Waals surface area (Å²) in [4.78, 5) is 4.07. The van der Waals surface area contributed by atoms with E-state index in [-0.39, 0.29) is 5.54 Å². The van der Waals surface area contributed by atoms with Gasteiger partial charge in [0, 0.05) is 18.3 Å². The molecule has 12 heavy (non-hydrogen) atoms. The van der Waals surface area contributed by atoms with Crippen molar-refractivity contribution in [2.24, 2.45) is 4.99 Å². The fraction of sp³-hybridized carbons (Fsp3) is 0.625. The normalized spacial score (nSPS) is 12.8. The van der Waals surface area contributed by atoms with Gasteiger partial charge < -0.3 is 0 Å². The summed E-state index contributed by atoms with van der Waals surface area (Å²) in [5.41, 5.74) is -0.235. The SMILES string of the molecule is C=CC=NCCC(C)(C)N(Cl)Cl. The van der Waals surface area contributed by atoms with Crippen LogP contribution in [0.5, 0.6) is 0 Å². The fourth-order valence-corrected chi connectivity index (χ4v) is 0.741. The minimum Gasteiger partial charge on any atom is -0.293 e. The third-order valence-electron chi connectivity index (χ3n) is 1.52. The van der Waals surface area contributed by atoms with Crippen LogP contribution in [0.15, 0.2) is 17.6 Å². The Labute approximate surface area is 84.1 Å². The number of halogens is 2. The molecule has 0 unspecified atom stereocenters. The summed E-state index contributed by atoms with van der Waals surface area (Å²) in [6, 6.07) is 0. The van der Waals surface area contributed by atoms with Crippen LogP contribution in [0, 0.1) is 0 Å².